The number of aryl methyl sites for hydroxylation is 4. The topological polar surface area (TPSA) is 71.2 Å². The van der Waals surface area contributed by atoms with Gasteiger partial charge in [-0.1, -0.05) is 100 Å². The molecule has 0 aliphatic carbocycles. The zero-order valence-electron chi connectivity index (χ0n) is 33.1. The van der Waals surface area contributed by atoms with Crippen molar-refractivity contribution in [2.75, 3.05) is 0 Å². The lowest BCUT2D eigenvalue weighted by molar-refractivity contribution is -0.135. The van der Waals surface area contributed by atoms with Gasteiger partial charge in [-0.3, -0.25) is 4.79 Å². The van der Waals surface area contributed by atoms with Crippen molar-refractivity contribution in [1.82, 2.24) is 19.1 Å². The van der Waals surface area contributed by atoms with Crippen LogP contribution >= 0.6 is 0 Å². The van der Waals surface area contributed by atoms with Gasteiger partial charge in [-0.2, -0.15) is 0 Å². The molecule has 0 aliphatic heterocycles. The molecule has 0 amide bonds. The third-order valence-electron chi connectivity index (χ3n) is 10.2. The van der Waals surface area contributed by atoms with Crippen molar-refractivity contribution < 1.29 is 14.3 Å². The van der Waals surface area contributed by atoms with Crippen LogP contribution in [0.5, 0.6) is 11.5 Å². The van der Waals surface area contributed by atoms with Crippen LogP contribution in [0.15, 0.2) is 110 Å². The number of carbonyl (C=O) groups excluding carboxylic acids is 1. The first-order valence-corrected chi connectivity index (χ1v) is 18.8. The maximum absolute atomic E-state index is 14.1. The molecule has 4 aromatic carbocycles. The summed E-state index contributed by atoms with van der Waals surface area (Å²) in [7, 11) is 0. The van der Waals surface area contributed by atoms with Gasteiger partial charge >= 0.3 is 0 Å². The van der Waals surface area contributed by atoms with Crippen molar-refractivity contribution in [2.24, 2.45) is 10.8 Å². The molecule has 0 radical (unpaired) electrons. The van der Waals surface area contributed by atoms with E-state index in [0.29, 0.717) is 26.1 Å². The molecule has 6 rings (SSSR count). The predicted molar refractivity (Wildman–Crippen MR) is 216 cm³/mol. The smallest absolute Gasteiger partial charge is 0.144 e. The molecule has 0 saturated carbocycles. The Bertz CT molecular complexity index is 1960. The van der Waals surface area contributed by atoms with Crippen molar-refractivity contribution in [3.63, 3.8) is 0 Å². The fraction of sp³-hybridized carbons (Fsp3) is 0.340. The van der Waals surface area contributed by atoms with Crippen molar-refractivity contribution in [1.29, 1.82) is 0 Å². The van der Waals surface area contributed by atoms with Crippen LogP contribution in [0.3, 0.4) is 0 Å². The molecule has 0 atom stereocenters. The third-order valence-corrected chi connectivity index (χ3v) is 10.2. The van der Waals surface area contributed by atoms with E-state index in [1.807, 2.05) is 25.0 Å². The van der Waals surface area contributed by atoms with Gasteiger partial charge in [0.25, 0.3) is 0 Å². The first-order valence-electron chi connectivity index (χ1n) is 18.8. The summed E-state index contributed by atoms with van der Waals surface area (Å²) in [5.41, 5.74) is 10.4. The first-order chi connectivity index (χ1) is 25.8. The normalized spacial score (nSPS) is 11.9. The number of Topliss-reactive ketones (excluding diaryl/α,β-unsaturated/α-hetero) is 1. The number of carbonyl (C=O) groups is 1. The molecule has 280 valence electrons. The Morgan fingerprint density at radius 1 is 0.537 bits per heavy atom. The van der Waals surface area contributed by atoms with E-state index in [1.54, 1.807) is 12.4 Å². The van der Waals surface area contributed by atoms with Crippen molar-refractivity contribution in [3.05, 3.63) is 166 Å². The molecule has 2 heterocycles. The lowest BCUT2D eigenvalue weighted by Crippen LogP contribution is -2.39. The van der Waals surface area contributed by atoms with E-state index >= 15 is 0 Å². The number of hydrogen-bond donors (Lipinski definition) is 0. The third kappa shape index (κ3) is 9.56. The number of ether oxygens (including phenoxy) is 2. The van der Waals surface area contributed by atoms with Crippen LogP contribution in [-0.2, 0) is 43.9 Å². The standard InChI is InChI=1S/C47H54N4O3/c1-33-21-41(27-50-19-17-48-31-50)22-34(2)43(33)53-29-39-13-9-37(10-14-39)25-46(5,6)45(52)47(7,8)26-38-11-15-40(16-12-38)30-54-44-35(3)23-42(24-36(44)4)28-51-20-18-49-32-51/h9-24,31-32H,25-30H2,1-8H3. The number of ketones is 1. The minimum atomic E-state index is -0.522. The first kappa shape index (κ1) is 38.3. The minimum absolute atomic E-state index is 0.264. The second kappa shape index (κ2) is 16.3. The molecule has 6 aromatic rings. The Morgan fingerprint density at radius 3 is 1.19 bits per heavy atom. The van der Waals surface area contributed by atoms with E-state index in [4.69, 9.17) is 9.47 Å². The van der Waals surface area contributed by atoms with Crippen LogP contribution in [0.25, 0.3) is 0 Å². The molecule has 0 bridgehead atoms. The van der Waals surface area contributed by atoms with Gasteiger partial charge < -0.3 is 18.6 Å². The number of hydrogen-bond acceptors (Lipinski definition) is 5. The van der Waals surface area contributed by atoms with Crippen LogP contribution in [0.2, 0.25) is 0 Å². The lowest BCUT2D eigenvalue weighted by Gasteiger charge is -2.34. The summed E-state index contributed by atoms with van der Waals surface area (Å²) in [6, 6.07) is 25.7. The SMILES string of the molecule is Cc1cc(Cn2ccnc2)cc(C)c1OCc1ccc(CC(C)(C)C(=O)C(C)(C)Cc2ccc(COc3c(C)cc(Cn4ccnc4)cc3C)cc2)cc1. The lowest BCUT2D eigenvalue weighted by atomic mass is 9.68. The van der Waals surface area contributed by atoms with Crippen LogP contribution in [-0.4, -0.2) is 24.9 Å². The molecule has 54 heavy (non-hydrogen) atoms. The molecule has 0 unspecified atom stereocenters. The molecular weight excluding hydrogens is 669 g/mol. The van der Waals surface area contributed by atoms with Crippen LogP contribution in [0, 0.1) is 38.5 Å². The summed E-state index contributed by atoms with van der Waals surface area (Å²) in [6.07, 6.45) is 12.6. The van der Waals surface area contributed by atoms with Gasteiger partial charge in [-0.25, -0.2) is 9.97 Å². The summed E-state index contributed by atoms with van der Waals surface area (Å²) in [4.78, 5) is 22.3. The highest BCUT2D eigenvalue weighted by Gasteiger charge is 2.39. The van der Waals surface area contributed by atoms with Gasteiger partial charge in [0.1, 0.15) is 30.5 Å². The number of aromatic nitrogens is 4. The fourth-order valence-electron chi connectivity index (χ4n) is 7.81. The van der Waals surface area contributed by atoms with E-state index in [2.05, 4.69) is 147 Å². The van der Waals surface area contributed by atoms with Gasteiger partial charge in [-0.15, -0.1) is 0 Å². The fourth-order valence-corrected chi connectivity index (χ4v) is 7.81. The average molecular weight is 723 g/mol. The zero-order valence-corrected chi connectivity index (χ0v) is 33.1. The van der Waals surface area contributed by atoms with Crippen molar-refractivity contribution in [3.8, 4) is 11.5 Å². The van der Waals surface area contributed by atoms with E-state index in [-0.39, 0.29) is 5.78 Å². The Kier molecular flexibility index (Phi) is 11.6. The van der Waals surface area contributed by atoms with E-state index < -0.39 is 10.8 Å². The molecule has 0 N–H and O–H groups in total. The van der Waals surface area contributed by atoms with Gasteiger partial charge in [0.15, 0.2) is 0 Å². The van der Waals surface area contributed by atoms with Crippen molar-refractivity contribution in [2.45, 2.75) is 94.5 Å². The maximum Gasteiger partial charge on any atom is 0.144 e. The second-order valence-electron chi connectivity index (χ2n) is 16.2. The van der Waals surface area contributed by atoms with E-state index in [0.717, 1.165) is 69.1 Å². The summed E-state index contributed by atoms with van der Waals surface area (Å²) < 4.78 is 16.8. The largest absolute Gasteiger partial charge is 0.488 e. The highest BCUT2D eigenvalue weighted by molar-refractivity contribution is 5.89. The molecule has 0 fully saturated rings. The minimum Gasteiger partial charge on any atom is -0.488 e. The Morgan fingerprint density at radius 2 is 0.870 bits per heavy atom. The molecule has 7 heteroatoms. The Labute approximate surface area is 321 Å². The molecule has 2 aromatic heterocycles. The Hall–Kier alpha value is -5.43. The zero-order chi connectivity index (χ0) is 38.5. The van der Waals surface area contributed by atoms with Gasteiger partial charge in [0.05, 0.1) is 12.7 Å². The van der Waals surface area contributed by atoms with Gasteiger partial charge in [-0.05, 0) is 96.2 Å². The average Bonchev–Trinajstić information content (AvgIpc) is 3.83. The predicted octanol–water partition coefficient (Wildman–Crippen LogP) is 9.97. The maximum atomic E-state index is 14.1. The van der Waals surface area contributed by atoms with E-state index in [9.17, 15) is 4.79 Å². The number of nitrogens with zero attached hydrogens (tertiary/aromatic N) is 4. The summed E-state index contributed by atoms with van der Waals surface area (Å²) >= 11 is 0. The summed E-state index contributed by atoms with van der Waals surface area (Å²) in [6.45, 7) is 19.2. The van der Waals surface area contributed by atoms with Crippen LogP contribution in [0.4, 0.5) is 0 Å². The number of benzene rings is 4. The van der Waals surface area contributed by atoms with E-state index in [1.165, 1.54) is 11.1 Å². The van der Waals surface area contributed by atoms with Crippen LogP contribution in [0.1, 0.15) is 83.3 Å². The van der Waals surface area contributed by atoms with Gasteiger partial charge in [0.2, 0.25) is 0 Å². The molecule has 0 spiro atoms. The highest BCUT2D eigenvalue weighted by atomic mass is 16.5. The monoisotopic (exact) mass is 722 g/mol. The Balaban J connectivity index is 1.00. The summed E-state index contributed by atoms with van der Waals surface area (Å²) in [5.74, 6) is 2.12. The number of rotatable bonds is 16. The molecule has 7 nitrogen and oxygen atoms in total. The van der Waals surface area contributed by atoms with Crippen LogP contribution < -0.4 is 9.47 Å². The second-order valence-corrected chi connectivity index (χ2v) is 16.2. The number of imidazole rings is 2. The molecule has 0 aliphatic rings. The van der Waals surface area contributed by atoms with Crippen molar-refractivity contribution >= 4 is 5.78 Å². The highest BCUT2D eigenvalue weighted by Crippen LogP contribution is 2.36. The molecule has 0 saturated heterocycles. The quantitative estimate of drug-likeness (QED) is 0.0995. The van der Waals surface area contributed by atoms with Gasteiger partial charge in [0, 0.05) is 48.7 Å². The molecular formula is C47H54N4O3. The summed E-state index contributed by atoms with van der Waals surface area (Å²) in [5, 5.41) is 0.